The van der Waals surface area contributed by atoms with Crippen LogP contribution in [0.2, 0.25) is 5.02 Å². The lowest BCUT2D eigenvalue weighted by atomic mass is 10.2. The third-order valence-corrected chi connectivity index (χ3v) is 3.86. The van der Waals surface area contributed by atoms with Gasteiger partial charge in [-0.2, -0.15) is 0 Å². The lowest BCUT2D eigenvalue weighted by molar-refractivity contribution is 0.807. The van der Waals surface area contributed by atoms with Gasteiger partial charge in [0.15, 0.2) is 0 Å². The highest BCUT2D eigenvalue weighted by molar-refractivity contribution is 9.10. The topological polar surface area (TPSA) is 17.8 Å². The SMILES string of the molecule is Clc1ccc(-c2nccn2Cc2ccc(Br)cc2)cc1. The number of hydrogen-bond donors (Lipinski definition) is 0. The molecule has 0 amide bonds. The van der Waals surface area contributed by atoms with Crippen molar-refractivity contribution in [2.45, 2.75) is 6.54 Å². The van der Waals surface area contributed by atoms with Crippen LogP contribution in [0.15, 0.2) is 65.4 Å². The minimum Gasteiger partial charge on any atom is -0.327 e. The van der Waals surface area contributed by atoms with Gasteiger partial charge in [-0.05, 0) is 42.0 Å². The maximum atomic E-state index is 5.93. The molecule has 0 unspecified atom stereocenters. The average Bonchev–Trinajstić information content (AvgIpc) is 2.90. The predicted molar refractivity (Wildman–Crippen MR) is 85.9 cm³/mol. The fraction of sp³-hybridized carbons (Fsp3) is 0.0625. The van der Waals surface area contributed by atoms with Gasteiger partial charge >= 0.3 is 0 Å². The zero-order chi connectivity index (χ0) is 13.9. The standard InChI is InChI=1S/C16H12BrClN2/c17-14-5-1-12(2-6-14)11-20-10-9-19-16(20)13-3-7-15(18)8-4-13/h1-10H,11H2. The number of nitrogens with zero attached hydrogens (tertiary/aromatic N) is 2. The van der Waals surface area contributed by atoms with Crippen molar-refractivity contribution >= 4 is 27.5 Å². The van der Waals surface area contributed by atoms with Crippen LogP contribution in [0.5, 0.6) is 0 Å². The van der Waals surface area contributed by atoms with E-state index >= 15 is 0 Å². The van der Waals surface area contributed by atoms with Crippen molar-refractivity contribution in [3.63, 3.8) is 0 Å². The Morgan fingerprint density at radius 1 is 1.00 bits per heavy atom. The van der Waals surface area contributed by atoms with Crippen molar-refractivity contribution in [2.24, 2.45) is 0 Å². The number of halogens is 2. The highest BCUT2D eigenvalue weighted by atomic mass is 79.9. The van der Waals surface area contributed by atoms with Crippen LogP contribution in [-0.2, 0) is 6.54 Å². The van der Waals surface area contributed by atoms with Crippen molar-refractivity contribution in [3.8, 4) is 11.4 Å². The highest BCUT2D eigenvalue weighted by Gasteiger charge is 2.06. The van der Waals surface area contributed by atoms with E-state index in [0.29, 0.717) is 0 Å². The molecule has 0 fully saturated rings. The van der Waals surface area contributed by atoms with Crippen LogP contribution in [0.4, 0.5) is 0 Å². The smallest absolute Gasteiger partial charge is 0.140 e. The molecule has 0 atom stereocenters. The third-order valence-electron chi connectivity index (χ3n) is 3.08. The molecular weight excluding hydrogens is 336 g/mol. The molecule has 100 valence electrons. The number of benzene rings is 2. The Bertz CT molecular complexity index is 702. The van der Waals surface area contributed by atoms with Crippen LogP contribution in [-0.4, -0.2) is 9.55 Å². The van der Waals surface area contributed by atoms with Gasteiger partial charge < -0.3 is 4.57 Å². The van der Waals surface area contributed by atoms with Crippen LogP contribution in [0, 0.1) is 0 Å². The van der Waals surface area contributed by atoms with E-state index in [1.807, 2.05) is 48.8 Å². The number of aromatic nitrogens is 2. The first kappa shape index (κ1) is 13.4. The van der Waals surface area contributed by atoms with E-state index in [4.69, 9.17) is 11.6 Å². The van der Waals surface area contributed by atoms with E-state index in [1.54, 1.807) is 0 Å². The third kappa shape index (κ3) is 2.94. The van der Waals surface area contributed by atoms with Gasteiger partial charge in [-0.3, -0.25) is 0 Å². The lowest BCUT2D eigenvalue weighted by Gasteiger charge is -2.08. The van der Waals surface area contributed by atoms with E-state index in [-0.39, 0.29) is 0 Å². The first-order valence-electron chi connectivity index (χ1n) is 6.24. The van der Waals surface area contributed by atoms with Gasteiger partial charge in [-0.1, -0.05) is 39.7 Å². The molecule has 2 nitrogen and oxygen atoms in total. The molecule has 1 heterocycles. The van der Waals surface area contributed by atoms with Crippen molar-refractivity contribution in [1.29, 1.82) is 0 Å². The van der Waals surface area contributed by atoms with Crippen molar-refractivity contribution < 1.29 is 0 Å². The Morgan fingerprint density at radius 2 is 1.70 bits per heavy atom. The second-order valence-corrected chi connectivity index (χ2v) is 5.86. The van der Waals surface area contributed by atoms with Gasteiger partial charge in [0, 0.05) is 34.0 Å². The molecule has 0 aliphatic carbocycles. The zero-order valence-electron chi connectivity index (χ0n) is 10.6. The Kier molecular flexibility index (Phi) is 3.90. The van der Waals surface area contributed by atoms with E-state index in [1.165, 1.54) is 5.56 Å². The van der Waals surface area contributed by atoms with Crippen molar-refractivity contribution in [3.05, 3.63) is 76.0 Å². The Labute approximate surface area is 131 Å². The Hall–Kier alpha value is -1.58. The van der Waals surface area contributed by atoms with Gasteiger partial charge in [-0.15, -0.1) is 0 Å². The molecule has 4 heteroatoms. The van der Waals surface area contributed by atoms with Crippen LogP contribution in [0.1, 0.15) is 5.56 Å². The second-order valence-electron chi connectivity index (χ2n) is 4.51. The molecule has 0 saturated carbocycles. The van der Waals surface area contributed by atoms with Crippen LogP contribution >= 0.6 is 27.5 Å². The molecule has 0 aliphatic heterocycles. The Morgan fingerprint density at radius 3 is 2.40 bits per heavy atom. The first-order chi connectivity index (χ1) is 9.72. The molecule has 0 bridgehead atoms. The zero-order valence-corrected chi connectivity index (χ0v) is 13.0. The molecule has 1 aromatic heterocycles. The molecule has 0 saturated heterocycles. The summed E-state index contributed by atoms with van der Waals surface area (Å²) in [6, 6.07) is 16.1. The van der Waals surface area contributed by atoms with Crippen LogP contribution in [0.3, 0.4) is 0 Å². The average molecular weight is 348 g/mol. The minimum absolute atomic E-state index is 0.736. The summed E-state index contributed by atoms with van der Waals surface area (Å²) in [6.07, 6.45) is 3.81. The van der Waals surface area contributed by atoms with E-state index in [9.17, 15) is 0 Å². The fourth-order valence-electron chi connectivity index (χ4n) is 2.08. The summed E-state index contributed by atoms with van der Waals surface area (Å²) in [7, 11) is 0. The van der Waals surface area contributed by atoms with Gasteiger partial charge in [0.1, 0.15) is 5.82 Å². The van der Waals surface area contributed by atoms with Gasteiger partial charge in [0.25, 0.3) is 0 Å². The maximum absolute atomic E-state index is 5.93. The van der Waals surface area contributed by atoms with Crippen molar-refractivity contribution in [2.75, 3.05) is 0 Å². The quantitative estimate of drug-likeness (QED) is 0.651. The fourth-order valence-corrected chi connectivity index (χ4v) is 2.47. The molecule has 0 aliphatic rings. The van der Waals surface area contributed by atoms with Crippen LogP contribution in [0.25, 0.3) is 11.4 Å². The summed E-state index contributed by atoms with van der Waals surface area (Å²) in [5.41, 5.74) is 2.30. The van der Waals surface area contributed by atoms with Gasteiger partial charge in [0.2, 0.25) is 0 Å². The maximum Gasteiger partial charge on any atom is 0.140 e. The van der Waals surface area contributed by atoms with Gasteiger partial charge in [0.05, 0.1) is 0 Å². The monoisotopic (exact) mass is 346 g/mol. The minimum atomic E-state index is 0.736. The van der Waals surface area contributed by atoms with E-state index < -0.39 is 0 Å². The number of rotatable bonds is 3. The molecular formula is C16H12BrClN2. The first-order valence-corrected chi connectivity index (χ1v) is 7.41. The molecule has 3 aromatic rings. The number of hydrogen-bond acceptors (Lipinski definition) is 1. The molecule has 0 N–H and O–H groups in total. The summed E-state index contributed by atoms with van der Waals surface area (Å²) >= 11 is 9.38. The summed E-state index contributed by atoms with van der Waals surface area (Å²) < 4.78 is 3.22. The molecule has 20 heavy (non-hydrogen) atoms. The van der Waals surface area contributed by atoms with E-state index in [0.717, 1.165) is 27.4 Å². The molecule has 2 aromatic carbocycles. The lowest BCUT2D eigenvalue weighted by Crippen LogP contribution is -2.00. The summed E-state index contributed by atoms with van der Waals surface area (Å²) in [5, 5.41) is 0.736. The molecule has 0 spiro atoms. The Balaban J connectivity index is 1.90. The highest BCUT2D eigenvalue weighted by Crippen LogP contribution is 2.21. The van der Waals surface area contributed by atoms with Gasteiger partial charge in [-0.25, -0.2) is 4.98 Å². The molecule has 0 radical (unpaired) electrons. The largest absolute Gasteiger partial charge is 0.327 e. The summed E-state index contributed by atoms with van der Waals surface area (Å²) in [5.74, 6) is 0.949. The number of imidazole rings is 1. The normalized spacial score (nSPS) is 10.7. The summed E-state index contributed by atoms with van der Waals surface area (Å²) in [6.45, 7) is 0.797. The van der Waals surface area contributed by atoms with Crippen LogP contribution < -0.4 is 0 Å². The summed E-state index contributed by atoms with van der Waals surface area (Å²) in [4.78, 5) is 4.44. The second kappa shape index (κ2) is 5.81. The van der Waals surface area contributed by atoms with E-state index in [2.05, 4.69) is 37.6 Å². The molecule has 3 rings (SSSR count). The van der Waals surface area contributed by atoms with Crippen molar-refractivity contribution in [1.82, 2.24) is 9.55 Å². The predicted octanol–water partition coefficient (Wildman–Crippen LogP) is 5.01.